The van der Waals surface area contributed by atoms with Gasteiger partial charge in [0.2, 0.25) is 0 Å². The second-order valence-electron chi connectivity index (χ2n) is 5.47. The van der Waals surface area contributed by atoms with E-state index in [-0.39, 0.29) is 5.91 Å². The quantitative estimate of drug-likeness (QED) is 0.921. The molecule has 2 aromatic rings. The maximum Gasteiger partial charge on any atom is 0.258 e. The maximum absolute atomic E-state index is 11.9. The topological polar surface area (TPSA) is 72.6 Å². The minimum absolute atomic E-state index is 0.0380. The molecule has 0 heterocycles. The highest BCUT2D eigenvalue weighted by Crippen LogP contribution is 2.25. The van der Waals surface area contributed by atoms with Crippen LogP contribution in [0.5, 0.6) is 5.75 Å². The fraction of sp³-hybridized carbons (Fsp3) is 0.222. The van der Waals surface area contributed by atoms with Crippen molar-refractivity contribution in [3.05, 3.63) is 54.1 Å². The molecule has 0 aliphatic heterocycles. The lowest BCUT2D eigenvalue weighted by molar-refractivity contribution is -0.123. The predicted molar refractivity (Wildman–Crippen MR) is 89.2 cm³/mol. The highest BCUT2D eigenvalue weighted by molar-refractivity contribution is 5.94. The first kappa shape index (κ1) is 16.5. The molecule has 0 aromatic heterocycles. The number of ether oxygens (including phenoxy) is 1. The molecule has 1 atom stereocenters. The zero-order valence-corrected chi connectivity index (χ0v) is 13.4. The number of hydrogen-bond donors (Lipinski definition) is 1. The van der Waals surface area contributed by atoms with Crippen LogP contribution in [0.4, 0.5) is 0 Å². The average molecular weight is 312 g/mol. The molecule has 23 heavy (non-hydrogen) atoms. The smallest absolute Gasteiger partial charge is 0.258 e. The molecular formula is C18H20N2O3. The van der Waals surface area contributed by atoms with Gasteiger partial charge in [-0.3, -0.25) is 9.59 Å². The van der Waals surface area contributed by atoms with Gasteiger partial charge < -0.3 is 15.4 Å². The fourth-order valence-corrected chi connectivity index (χ4v) is 2.07. The molecule has 0 aliphatic carbocycles. The largest absolute Gasteiger partial charge is 0.481 e. The van der Waals surface area contributed by atoms with Crippen molar-refractivity contribution in [2.45, 2.75) is 13.0 Å². The highest BCUT2D eigenvalue weighted by Gasteiger charge is 2.11. The van der Waals surface area contributed by atoms with Crippen LogP contribution < -0.4 is 10.5 Å². The van der Waals surface area contributed by atoms with E-state index in [1.54, 1.807) is 39.2 Å². The van der Waals surface area contributed by atoms with Crippen LogP contribution in [0.15, 0.2) is 48.5 Å². The van der Waals surface area contributed by atoms with Crippen LogP contribution in [0.3, 0.4) is 0 Å². The molecule has 0 aliphatic rings. The molecule has 120 valence electrons. The molecule has 2 rings (SSSR count). The van der Waals surface area contributed by atoms with E-state index < -0.39 is 12.0 Å². The third-order valence-electron chi connectivity index (χ3n) is 3.42. The Balaban J connectivity index is 2.22. The zero-order valence-electron chi connectivity index (χ0n) is 13.4. The molecule has 5 nitrogen and oxygen atoms in total. The van der Waals surface area contributed by atoms with Gasteiger partial charge in [0.25, 0.3) is 11.8 Å². The standard InChI is InChI=1S/C18H20N2O3/c1-12(17(19)21)23-16-6-4-5-15(11-16)13-7-9-14(10-8-13)18(22)20(2)3/h4-12H,1-3H3,(H2,19,21)/t12-/m0/s1. The van der Waals surface area contributed by atoms with Crippen LogP contribution in [0, 0.1) is 0 Å². The van der Waals surface area contributed by atoms with Gasteiger partial charge in [-0.1, -0.05) is 24.3 Å². The lowest BCUT2D eigenvalue weighted by Gasteiger charge is -2.13. The number of carbonyl (C=O) groups is 2. The molecular weight excluding hydrogens is 292 g/mol. The molecule has 0 spiro atoms. The van der Waals surface area contributed by atoms with Crippen LogP contribution >= 0.6 is 0 Å². The Labute approximate surface area is 135 Å². The Hall–Kier alpha value is -2.82. The van der Waals surface area contributed by atoms with Gasteiger partial charge in [-0.2, -0.15) is 0 Å². The summed E-state index contributed by atoms with van der Waals surface area (Å²) < 4.78 is 5.50. The van der Waals surface area contributed by atoms with E-state index in [9.17, 15) is 9.59 Å². The van der Waals surface area contributed by atoms with Crippen molar-refractivity contribution in [2.24, 2.45) is 5.73 Å². The Morgan fingerprint density at radius 3 is 2.26 bits per heavy atom. The molecule has 2 aromatic carbocycles. The van der Waals surface area contributed by atoms with Gasteiger partial charge in [-0.15, -0.1) is 0 Å². The second-order valence-corrected chi connectivity index (χ2v) is 5.47. The minimum atomic E-state index is -0.690. The predicted octanol–water partition coefficient (Wildman–Crippen LogP) is 2.31. The summed E-state index contributed by atoms with van der Waals surface area (Å²) in [5.41, 5.74) is 7.72. The van der Waals surface area contributed by atoms with Gasteiger partial charge in [-0.25, -0.2) is 0 Å². The molecule has 0 saturated carbocycles. The van der Waals surface area contributed by atoms with Crippen molar-refractivity contribution in [1.82, 2.24) is 4.90 Å². The normalized spacial score (nSPS) is 11.6. The number of hydrogen-bond acceptors (Lipinski definition) is 3. The second kappa shape index (κ2) is 6.96. The molecule has 0 unspecified atom stereocenters. The van der Waals surface area contributed by atoms with Crippen LogP contribution in [-0.4, -0.2) is 36.9 Å². The van der Waals surface area contributed by atoms with Crippen LogP contribution in [-0.2, 0) is 4.79 Å². The number of carbonyl (C=O) groups excluding carboxylic acids is 2. The van der Waals surface area contributed by atoms with Gasteiger partial charge in [0.05, 0.1) is 0 Å². The van der Waals surface area contributed by atoms with E-state index in [4.69, 9.17) is 10.5 Å². The zero-order chi connectivity index (χ0) is 17.0. The summed E-state index contributed by atoms with van der Waals surface area (Å²) >= 11 is 0. The van der Waals surface area contributed by atoms with Crippen LogP contribution in [0.2, 0.25) is 0 Å². The number of primary amides is 1. The van der Waals surface area contributed by atoms with E-state index in [2.05, 4.69) is 0 Å². The Kier molecular flexibility index (Phi) is 5.01. The highest BCUT2D eigenvalue weighted by atomic mass is 16.5. The first-order valence-electron chi connectivity index (χ1n) is 7.26. The maximum atomic E-state index is 11.9. The summed E-state index contributed by atoms with van der Waals surface area (Å²) in [5, 5.41) is 0. The summed E-state index contributed by atoms with van der Waals surface area (Å²) in [4.78, 5) is 24.5. The van der Waals surface area contributed by atoms with Gasteiger partial charge in [-0.05, 0) is 42.3 Å². The van der Waals surface area contributed by atoms with E-state index in [0.29, 0.717) is 11.3 Å². The Morgan fingerprint density at radius 2 is 1.70 bits per heavy atom. The first-order chi connectivity index (χ1) is 10.9. The van der Waals surface area contributed by atoms with E-state index >= 15 is 0 Å². The van der Waals surface area contributed by atoms with Crippen molar-refractivity contribution in [1.29, 1.82) is 0 Å². The van der Waals surface area contributed by atoms with Gasteiger partial charge in [0.15, 0.2) is 6.10 Å². The van der Waals surface area contributed by atoms with Crippen molar-refractivity contribution >= 4 is 11.8 Å². The Morgan fingerprint density at radius 1 is 1.04 bits per heavy atom. The van der Waals surface area contributed by atoms with Crippen LogP contribution in [0.25, 0.3) is 11.1 Å². The molecule has 0 bridgehead atoms. The SMILES string of the molecule is C[C@H](Oc1cccc(-c2ccc(C(=O)N(C)C)cc2)c1)C(N)=O. The number of nitrogens with two attached hydrogens (primary N) is 1. The van der Waals surface area contributed by atoms with Crippen molar-refractivity contribution in [3.63, 3.8) is 0 Å². The number of rotatable bonds is 5. The number of nitrogens with zero attached hydrogens (tertiary/aromatic N) is 1. The van der Waals surface area contributed by atoms with Crippen molar-refractivity contribution in [3.8, 4) is 16.9 Å². The van der Waals surface area contributed by atoms with Gasteiger partial charge in [0, 0.05) is 19.7 Å². The molecule has 2 amide bonds. The average Bonchev–Trinajstić information content (AvgIpc) is 2.54. The van der Waals surface area contributed by atoms with Crippen molar-refractivity contribution < 1.29 is 14.3 Å². The number of amides is 2. The van der Waals surface area contributed by atoms with Gasteiger partial charge >= 0.3 is 0 Å². The monoisotopic (exact) mass is 312 g/mol. The van der Waals surface area contributed by atoms with E-state index in [1.807, 2.05) is 30.3 Å². The third kappa shape index (κ3) is 4.10. The molecule has 0 radical (unpaired) electrons. The van der Waals surface area contributed by atoms with Gasteiger partial charge in [0.1, 0.15) is 5.75 Å². The molecule has 2 N–H and O–H groups in total. The third-order valence-corrected chi connectivity index (χ3v) is 3.42. The van der Waals surface area contributed by atoms with E-state index in [0.717, 1.165) is 11.1 Å². The minimum Gasteiger partial charge on any atom is -0.481 e. The van der Waals surface area contributed by atoms with Crippen LogP contribution in [0.1, 0.15) is 17.3 Å². The summed E-state index contributed by atoms with van der Waals surface area (Å²) in [5.74, 6) is 0.0214. The number of benzene rings is 2. The molecule has 5 heteroatoms. The lowest BCUT2D eigenvalue weighted by atomic mass is 10.0. The van der Waals surface area contributed by atoms with Crippen molar-refractivity contribution in [2.75, 3.05) is 14.1 Å². The summed E-state index contributed by atoms with van der Waals surface area (Å²) in [6.07, 6.45) is -0.690. The van der Waals surface area contributed by atoms with E-state index in [1.165, 1.54) is 4.90 Å². The Bertz CT molecular complexity index is 708. The summed E-state index contributed by atoms with van der Waals surface area (Å²) in [6.45, 7) is 1.61. The molecule has 0 saturated heterocycles. The first-order valence-corrected chi connectivity index (χ1v) is 7.26. The molecule has 0 fully saturated rings. The lowest BCUT2D eigenvalue weighted by Crippen LogP contribution is -2.30. The fourth-order valence-electron chi connectivity index (χ4n) is 2.07. The summed E-state index contributed by atoms with van der Waals surface area (Å²) in [6, 6.07) is 14.7. The summed E-state index contributed by atoms with van der Waals surface area (Å²) in [7, 11) is 3.44.